The second kappa shape index (κ2) is 12.7. The fraction of sp³-hybridized carbons (Fsp3) is 0.609. The molecule has 150 valence electrons. The molecule has 0 amide bonds. The molecule has 1 aliphatic heterocycles. The van der Waals surface area contributed by atoms with Crippen molar-refractivity contribution in [1.29, 1.82) is 0 Å². The zero-order chi connectivity index (χ0) is 19.2. The van der Waals surface area contributed by atoms with Crippen LogP contribution in [0.2, 0.25) is 0 Å². The average molecular weight is 375 g/mol. The van der Waals surface area contributed by atoms with Crippen molar-refractivity contribution in [3.63, 3.8) is 0 Å². The number of carboxylic acids is 1. The second-order valence-corrected chi connectivity index (χ2v) is 7.32. The third kappa shape index (κ3) is 9.21. The number of benzene rings is 1. The van der Waals surface area contributed by atoms with Gasteiger partial charge in [0.1, 0.15) is 0 Å². The lowest BCUT2D eigenvalue weighted by atomic mass is 9.98. The fourth-order valence-corrected chi connectivity index (χ4v) is 3.59. The molecule has 2 rings (SSSR count). The van der Waals surface area contributed by atoms with Crippen molar-refractivity contribution in [2.45, 2.75) is 76.4 Å². The van der Waals surface area contributed by atoms with Gasteiger partial charge in [0.2, 0.25) is 0 Å². The number of rotatable bonds is 14. The minimum Gasteiger partial charge on any atom is -0.481 e. The summed E-state index contributed by atoms with van der Waals surface area (Å²) in [4.78, 5) is 10.4. The third-order valence-corrected chi connectivity index (χ3v) is 5.07. The van der Waals surface area contributed by atoms with Crippen molar-refractivity contribution in [1.82, 2.24) is 0 Å². The molecule has 1 heterocycles. The highest BCUT2D eigenvalue weighted by Crippen LogP contribution is 2.31. The molecule has 1 saturated heterocycles. The van der Waals surface area contributed by atoms with Crippen LogP contribution in [0.3, 0.4) is 0 Å². The molecule has 27 heavy (non-hydrogen) atoms. The molecule has 0 bridgehead atoms. The predicted molar refractivity (Wildman–Crippen MR) is 108 cm³/mol. The molecule has 0 unspecified atom stereocenters. The summed E-state index contributed by atoms with van der Waals surface area (Å²) in [6.07, 6.45) is 14.8. The largest absolute Gasteiger partial charge is 0.481 e. The minimum atomic E-state index is -0.767. The van der Waals surface area contributed by atoms with Gasteiger partial charge in [0.05, 0.1) is 19.6 Å². The first-order valence-electron chi connectivity index (χ1n) is 10.4. The molecule has 1 aromatic carbocycles. The Morgan fingerprint density at radius 1 is 0.926 bits per heavy atom. The Hall–Kier alpha value is -1.65. The molecule has 0 spiro atoms. The predicted octanol–water partition coefficient (Wildman–Crippen LogP) is 5.51. The van der Waals surface area contributed by atoms with E-state index in [1.807, 2.05) is 6.08 Å². The molecular formula is C23H34O4. The van der Waals surface area contributed by atoms with Crippen molar-refractivity contribution >= 4 is 5.97 Å². The van der Waals surface area contributed by atoms with Gasteiger partial charge >= 0.3 is 5.97 Å². The maximum absolute atomic E-state index is 10.4. The summed E-state index contributed by atoms with van der Waals surface area (Å²) in [7, 11) is 0. The number of unbranched alkanes of at least 4 members (excludes halogenated alkanes) is 5. The van der Waals surface area contributed by atoms with E-state index in [0.717, 1.165) is 44.9 Å². The summed E-state index contributed by atoms with van der Waals surface area (Å²) < 4.78 is 12.0. The molecule has 4 heteroatoms. The van der Waals surface area contributed by atoms with Gasteiger partial charge in [0.15, 0.2) is 5.79 Å². The number of hydrogen-bond acceptors (Lipinski definition) is 3. The van der Waals surface area contributed by atoms with Crippen LogP contribution >= 0.6 is 0 Å². The van der Waals surface area contributed by atoms with Crippen LogP contribution in [0.5, 0.6) is 0 Å². The van der Waals surface area contributed by atoms with Gasteiger partial charge in [-0.05, 0) is 44.1 Å². The van der Waals surface area contributed by atoms with E-state index < -0.39 is 5.97 Å². The smallest absolute Gasteiger partial charge is 0.307 e. The molecule has 0 radical (unpaired) electrons. The van der Waals surface area contributed by atoms with Crippen LogP contribution < -0.4 is 0 Å². The molecule has 0 aromatic heterocycles. The van der Waals surface area contributed by atoms with Crippen molar-refractivity contribution < 1.29 is 19.4 Å². The van der Waals surface area contributed by atoms with Crippen LogP contribution in [-0.2, 0) is 20.7 Å². The van der Waals surface area contributed by atoms with Gasteiger partial charge in [0, 0.05) is 12.8 Å². The fourth-order valence-electron chi connectivity index (χ4n) is 3.59. The Balaban J connectivity index is 1.56. The lowest BCUT2D eigenvalue weighted by Crippen LogP contribution is -2.30. The summed E-state index contributed by atoms with van der Waals surface area (Å²) in [6, 6.07) is 10.6. The molecule has 4 nitrogen and oxygen atoms in total. The Labute approximate surface area is 163 Å². The van der Waals surface area contributed by atoms with Crippen LogP contribution in [0.4, 0.5) is 0 Å². The van der Waals surface area contributed by atoms with Crippen LogP contribution in [0.1, 0.15) is 69.8 Å². The van der Waals surface area contributed by atoms with Crippen LogP contribution in [0.15, 0.2) is 42.5 Å². The van der Waals surface area contributed by atoms with E-state index in [4.69, 9.17) is 14.6 Å². The Bertz CT molecular complexity index is 547. The van der Waals surface area contributed by atoms with E-state index in [9.17, 15) is 4.79 Å². The van der Waals surface area contributed by atoms with Crippen molar-refractivity contribution in [3.05, 3.63) is 48.0 Å². The number of carboxylic acid groups (broad SMARTS) is 1. The maximum Gasteiger partial charge on any atom is 0.307 e. The van der Waals surface area contributed by atoms with Gasteiger partial charge < -0.3 is 14.6 Å². The highest BCUT2D eigenvalue weighted by atomic mass is 16.7. The van der Waals surface area contributed by atoms with Gasteiger partial charge in [-0.15, -0.1) is 0 Å². The van der Waals surface area contributed by atoms with Crippen molar-refractivity contribution in [3.8, 4) is 0 Å². The van der Waals surface area contributed by atoms with Gasteiger partial charge in [-0.1, -0.05) is 55.3 Å². The monoisotopic (exact) mass is 374 g/mol. The molecule has 0 aliphatic carbocycles. The number of ether oxygens (including phenoxy) is 2. The van der Waals surface area contributed by atoms with E-state index in [0.29, 0.717) is 13.2 Å². The van der Waals surface area contributed by atoms with Gasteiger partial charge in [0.25, 0.3) is 0 Å². The van der Waals surface area contributed by atoms with Crippen molar-refractivity contribution in [2.75, 3.05) is 13.2 Å². The minimum absolute atomic E-state index is 0.126. The molecule has 0 saturated carbocycles. The van der Waals surface area contributed by atoms with E-state index in [2.05, 4.69) is 30.3 Å². The Morgan fingerprint density at radius 2 is 1.59 bits per heavy atom. The quantitative estimate of drug-likeness (QED) is 0.344. The van der Waals surface area contributed by atoms with Crippen LogP contribution in [0.25, 0.3) is 0 Å². The number of allylic oxidation sites excluding steroid dienone is 1. The van der Waals surface area contributed by atoms with E-state index in [-0.39, 0.29) is 12.2 Å². The van der Waals surface area contributed by atoms with Gasteiger partial charge in [-0.25, -0.2) is 0 Å². The molecule has 1 aromatic rings. The van der Waals surface area contributed by atoms with Gasteiger partial charge in [-0.2, -0.15) is 0 Å². The normalized spacial score (nSPS) is 16.1. The average Bonchev–Trinajstić information content (AvgIpc) is 3.13. The number of hydrogen-bond donors (Lipinski definition) is 1. The maximum atomic E-state index is 10.4. The summed E-state index contributed by atoms with van der Waals surface area (Å²) >= 11 is 0. The summed E-state index contributed by atoms with van der Waals surface area (Å²) in [6.45, 7) is 1.43. The Morgan fingerprint density at radius 3 is 2.30 bits per heavy atom. The van der Waals surface area contributed by atoms with E-state index >= 15 is 0 Å². The first-order valence-corrected chi connectivity index (χ1v) is 10.4. The summed E-state index contributed by atoms with van der Waals surface area (Å²) in [5.74, 6) is -1.12. The van der Waals surface area contributed by atoms with Crippen LogP contribution in [0, 0.1) is 0 Å². The number of aliphatic carboxylic acids is 1. The molecule has 1 aliphatic rings. The zero-order valence-corrected chi connectivity index (χ0v) is 16.4. The van der Waals surface area contributed by atoms with Crippen molar-refractivity contribution in [2.24, 2.45) is 0 Å². The standard InChI is InChI=1S/C23H34O4/c24-22(25)16-9-4-2-1-3-5-11-17-23(26-19-20-27-23)18-12-10-15-21-13-7-6-8-14-21/h4,6-9,13-14H,1-3,5,10-12,15-20H2,(H,24,25). The highest BCUT2D eigenvalue weighted by molar-refractivity contribution is 5.68. The van der Waals surface area contributed by atoms with E-state index in [1.54, 1.807) is 6.08 Å². The molecule has 0 atom stereocenters. The Kier molecular flexibility index (Phi) is 10.2. The second-order valence-electron chi connectivity index (χ2n) is 7.32. The SMILES string of the molecule is O=C(O)CC=CCCCCCCC1(CCCCc2ccccc2)OCCO1. The van der Waals surface area contributed by atoms with E-state index in [1.165, 1.54) is 24.8 Å². The lowest BCUT2D eigenvalue weighted by Gasteiger charge is -2.27. The molecule has 1 fully saturated rings. The first kappa shape index (κ1) is 21.6. The molecule has 1 N–H and O–H groups in total. The van der Waals surface area contributed by atoms with Gasteiger partial charge in [-0.3, -0.25) is 4.79 Å². The topological polar surface area (TPSA) is 55.8 Å². The third-order valence-electron chi connectivity index (χ3n) is 5.07. The molecular weight excluding hydrogens is 340 g/mol. The van der Waals surface area contributed by atoms with Crippen LogP contribution in [-0.4, -0.2) is 30.1 Å². The zero-order valence-electron chi connectivity index (χ0n) is 16.4. The highest BCUT2D eigenvalue weighted by Gasteiger charge is 2.35. The summed E-state index contributed by atoms with van der Waals surface area (Å²) in [5.41, 5.74) is 1.40. The number of carbonyl (C=O) groups is 1. The first-order chi connectivity index (χ1) is 13.2. The lowest BCUT2D eigenvalue weighted by molar-refractivity contribution is -0.168. The number of aryl methyl sites for hydroxylation is 1. The summed E-state index contributed by atoms with van der Waals surface area (Å²) in [5, 5.41) is 8.57.